The van der Waals surface area contributed by atoms with Crippen LogP contribution in [0.4, 0.5) is 0 Å². The van der Waals surface area contributed by atoms with E-state index in [9.17, 15) is 0 Å². The molecule has 1 aromatic heterocycles. The van der Waals surface area contributed by atoms with Crippen LogP contribution < -0.4 is 9.92 Å². The molecule has 0 unspecified atom stereocenters. The first-order valence-electron chi connectivity index (χ1n) is 10.5. The standard InChI is InChI=1S/C25H33NO2Si2/c1-27-22-14-12-20(13-15-22)17-28-18-23(19-29(2,3)4)30(5,6)24-11-7-9-21-10-8-16-26-25(21)24/h7-16,19H,17-18H2,1-6H3/b23-19+. The van der Waals surface area contributed by atoms with Crippen LogP contribution in [0.5, 0.6) is 5.75 Å². The van der Waals surface area contributed by atoms with Gasteiger partial charge in [0.05, 0.1) is 33.9 Å². The summed E-state index contributed by atoms with van der Waals surface area (Å²) in [5, 5.41) is 4.06. The number of ether oxygens (including phenoxy) is 2. The van der Waals surface area contributed by atoms with E-state index < -0.39 is 16.1 Å². The number of benzene rings is 2. The van der Waals surface area contributed by atoms with Crippen molar-refractivity contribution >= 4 is 32.2 Å². The van der Waals surface area contributed by atoms with Crippen LogP contribution in [0.2, 0.25) is 32.7 Å². The van der Waals surface area contributed by atoms with Gasteiger partial charge in [0.25, 0.3) is 0 Å². The van der Waals surface area contributed by atoms with Gasteiger partial charge >= 0.3 is 0 Å². The van der Waals surface area contributed by atoms with Crippen molar-refractivity contribution in [3.8, 4) is 5.75 Å². The summed E-state index contributed by atoms with van der Waals surface area (Å²) in [7, 11) is -1.68. The van der Waals surface area contributed by atoms with Crippen LogP contribution in [0.3, 0.4) is 0 Å². The molecule has 0 radical (unpaired) electrons. The Morgan fingerprint density at radius 3 is 2.30 bits per heavy atom. The zero-order valence-electron chi connectivity index (χ0n) is 19.0. The Kier molecular flexibility index (Phi) is 6.96. The number of para-hydroxylation sites is 1. The summed E-state index contributed by atoms with van der Waals surface area (Å²) in [6, 6.07) is 18.8. The lowest BCUT2D eigenvalue weighted by Gasteiger charge is -2.30. The summed E-state index contributed by atoms with van der Waals surface area (Å²) < 4.78 is 11.5. The van der Waals surface area contributed by atoms with Crippen molar-refractivity contribution in [1.29, 1.82) is 0 Å². The van der Waals surface area contributed by atoms with E-state index in [4.69, 9.17) is 14.5 Å². The highest BCUT2D eigenvalue weighted by molar-refractivity contribution is 6.98. The Hall–Kier alpha value is -2.22. The fraction of sp³-hybridized carbons (Fsp3) is 0.320. The lowest BCUT2D eigenvalue weighted by molar-refractivity contribution is 0.146. The molecule has 0 saturated heterocycles. The largest absolute Gasteiger partial charge is 0.497 e. The van der Waals surface area contributed by atoms with Crippen molar-refractivity contribution in [2.75, 3.05) is 13.7 Å². The van der Waals surface area contributed by atoms with Gasteiger partial charge in [0.15, 0.2) is 0 Å². The second-order valence-electron chi connectivity index (χ2n) is 9.38. The van der Waals surface area contributed by atoms with Crippen LogP contribution in [0.25, 0.3) is 10.9 Å². The van der Waals surface area contributed by atoms with Crippen molar-refractivity contribution in [2.24, 2.45) is 0 Å². The average Bonchev–Trinajstić information content (AvgIpc) is 2.72. The Morgan fingerprint density at radius 1 is 0.933 bits per heavy atom. The van der Waals surface area contributed by atoms with E-state index in [1.54, 1.807) is 7.11 Å². The minimum Gasteiger partial charge on any atom is -0.497 e. The van der Waals surface area contributed by atoms with Crippen molar-refractivity contribution in [1.82, 2.24) is 4.98 Å². The first kappa shape index (κ1) is 22.5. The number of pyridine rings is 1. The third kappa shape index (κ3) is 5.47. The Balaban J connectivity index is 1.87. The molecule has 0 saturated carbocycles. The van der Waals surface area contributed by atoms with E-state index in [1.807, 2.05) is 24.4 Å². The number of fused-ring (bicyclic) bond motifs is 1. The number of hydrogen-bond donors (Lipinski definition) is 0. The summed E-state index contributed by atoms with van der Waals surface area (Å²) in [5.74, 6) is 0.870. The molecule has 2 aromatic carbocycles. The van der Waals surface area contributed by atoms with E-state index in [0.717, 1.165) is 16.8 Å². The maximum absolute atomic E-state index is 6.25. The fourth-order valence-electron chi connectivity index (χ4n) is 3.71. The van der Waals surface area contributed by atoms with Gasteiger partial charge in [0.1, 0.15) is 13.8 Å². The summed E-state index contributed by atoms with van der Waals surface area (Å²) in [6.07, 6.45) is 1.90. The van der Waals surface area contributed by atoms with E-state index in [0.29, 0.717) is 13.2 Å². The highest BCUT2D eigenvalue weighted by atomic mass is 28.3. The number of methoxy groups -OCH3 is 1. The normalized spacial score (nSPS) is 12.9. The SMILES string of the molecule is COc1ccc(COC/C(=C\[Si](C)(C)C)[Si](C)(C)c2cccc3cccnc23)cc1. The molecule has 5 heteroatoms. The van der Waals surface area contributed by atoms with Gasteiger partial charge in [-0.2, -0.15) is 0 Å². The second-order valence-corrected chi connectivity index (χ2v) is 18.8. The maximum Gasteiger partial charge on any atom is 0.118 e. The molecule has 0 fully saturated rings. The van der Waals surface area contributed by atoms with Gasteiger partial charge in [-0.3, -0.25) is 4.98 Å². The maximum atomic E-state index is 6.25. The average molecular weight is 436 g/mol. The lowest BCUT2D eigenvalue weighted by Crippen LogP contribution is -2.47. The van der Waals surface area contributed by atoms with Crippen molar-refractivity contribution < 1.29 is 9.47 Å². The van der Waals surface area contributed by atoms with E-state index in [2.05, 4.69) is 74.8 Å². The molecule has 0 atom stereocenters. The molecule has 3 aromatic rings. The molecule has 0 bridgehead atoms. The number of rotatable bonds is 8. The summed E-state index contributed by atoms with van der Waals surface area (Å²) in [6.45, 7) is 13.3. The zero-order chi connectivity index (χ0) is 21.8. The minimum absolute atomic E-state index is 0.602. The predicted molar refractivity (Wildman–Crippen MR) is 133 cm³/mol. The van der Waals surface area contributed by atoms with E-state index in [1.165, 1.54) is 15.8 Å². The second kappa shape index (κ2) is 9.29. The molecule has 0 N–H and O–H groups in total. The molecule has 30 heavy (non-hydrogen) atoms. The molecular weight excluding hydrogens is 402 g/mol. The highest BCUT2D eigenvalue weighted by Gasteiger charge is 2.32. The predicted octanol–water partition coefficient (Wildman–Crippen LogP) is 5.72. The Labute approximate surface area is 182 Å². The topological polar surface area (TPSA) is 31.4 Å². The third-order valence-electron chi connectivity index (χ3n) is 5.40. The quantitative estimate of drug-likeness (QED) is 0.424. The van der Waals surface area contributed by atoms with Crippen molar-refractivity contribution in [2.45, 2.75) is 39.3 Å². The Bertz CT molecular complexity index is 1020. The van der Waals surface area contributed by atoms with Crippen LogP contribution in [-0.4, -0.2) is 34.8 Å². The molecule has 3 rings (SSSR count). The molecule has 3 nitrogen and oxygen atoms in total. The van der Waals surface area contributed by atoms with Gasteiger partial charge in [-0.25, -0.2) is 0 Å². The van der Waals surface area contributed by atoms with Gasteiger partial charge < -0.3 is 9.47 Å². The monoisotopic (exact) mass is 435 g/mol. The number of hydrogen-bond acceptors (Lipinski definition) is 3. The van der Waals surface area contributed by atoms with Crippen LogP contribution >= 0.6 is 0 Å². The van der Waals surface area contributed by atoms with Gasteiger partial charge in [-0.15, -0.1) is 0 Å². The third-order valence-corrected chi connectivity index (χ3v) is 10.5. The first-order chi connectivity index (χ1) is 14.2. The number of aromatic nitrogens is 1. The van der Waals surface area contributed by atoms with Crippen LogP contribution in [0, 0.1) is 0 Å². The van der Waals surface area contributed by atoms with Gasteiger partial charge in [-0.1, -0.05) is 80.0 Å². The molecule has 158 valence electrons. The highest BCUT2D eigenvalue weighted by Crippen LogP contribution is 2.23. The molecule has 0 aliphatic carbocycles. The molecule has 0 amide bonds. The van der Waals surface area contributed by atoms with E-state index in [-0.39, 0.29) is 0 Å². The zero-order valence-corrected chi connectivity index (χ0v) is 21.0. The lowest BCUT2D eigenvalue weighted by atomic mass is 10.2. The van der Waals surface area contributed by atoms with Crippen molar-refractivity contribution in [3.05, 3.63) is 77.3 Å². The van der Waals surface area contributed by atoms with Gasteiger partial charge in [-0.05, 0) is 28.9 Å². The summed E-state index contributed by atoms with van der Waals surface area (Å²) in [4.78, 5) is 4.74. The summed E-state index contributed by atoms with van der Waals surface area (Å²) >= 11 is 0. The molecule has 0 spiro atoms. The van der Waals surface area contributed by atoms with Crippen LogP contribution in [-0.2, 0) is 11.3 Å². The molecule has 1 heterocycles. The van der Waals surface area contributed by atoms with E-state index >= 15 is 0 Å². The molecular formula is C25H33NO2Si2. The fourth-order valence-corrected chi connectivity index (χ4v) is 9.70. The molecule has 0 aliphatic heterocycles. The summed E-state index contributed by atoms with van der Waals surface area (Å²) in [5.41, 5.74) is 4.84. The van der Waals surface area contributed by atoms with Crippen LogP contribution in [0.1, 0.15) is 5.56 Å². The van der Waals surface area contributed by atoms with Crippen molar-refractivity contribution in [3.63, 3.8) is 0 Å². The number of nitrogens with zero attached hydrogens (tertiary/aromatic N) is 1. The van der Waals surface area contributed by atoms with Gasteiger partial charge in [0.2, 0.25) is 0 Å². The Morgan fingerprint density at radius 2 is 1.63 bits per heavy atom. The molecule has 0 aliphatic rings. The first-order valence-corrected chi connectivity index (χ1v) is 17.1. The van der Waals surface area contributed by atoms with Crippen LogP contribution in [0.15, 0.2) is 71.7 Å². The van der Waals surface area contributed by atoms with Gasteiger partial charge in [0, 0.05) is 11.6 Å². The minimum atomic E-state index is -1.95. The smallest absolute Gasteiger partial charge is 0.118 e.